The van der Waals surface area contributed by atoms with Gasteiger partial charge >= 0.3 is 5.97 Å². The minimum atomic E-state index is -0.750. The fourth-order valence-electron chi connectivity index (χ4n) is 0.758. The summed E-state index contributed by atoms with van der Waals surface area (Å²) >= 11 is 8.68. The van der Waals surface area contributed by atoms with Gasteiger partial charge in [-0.3, -0.25) is 4.79 Å². The molecule has 0 aliphatic rings. The van der Waals surface area contributed by atoms with Crippen LogP contribution in [0.2, 0.25) is 4.47 Å². The molecule has 1 N–H and O–H groups in total. The smallest absolute Gasteiger partial charge is 0.307 e. The minimum absolute atomic E-state index is 0.302. The molecule has 1 heterocycles. The lowest BCUT2D eigenvalue weighted by molar-refractivity contribution is -0.140. The van der Waals surface area contributed by atoms with E-state index in [0.29, 0.717) is 10.2 Å². The number of halogens is 1. The number of hydrogen-bond acceptors (Lipinski definition) is 4. The molecular weight excluding hydrogens is 242 g/mol. The number of thioether (sulfide) groups is 1. The molecule has 14 heavy (non-hydrogen) atoms. The lowest BCUT2D eigenvalue weighted by Crippen LogP contribution is -2.11. The molecule has 0 aromatic carbocycles. The van der Waals surface area contributed by atoms with E-state index in [0.717, 1.165) is 10.6 Å². The van der Waals surface area contributed by atoms with Crippen LogP contribution in [0.4, 0.5) is 0 Å². The van der Waals surface area contributed by atoms with Crippen LogP contribution in [0.1, 0.15) is 11.8 Å². The Labute approximate surface area is 95.5 Å². The molecule has 0 aliphatic heterocycles. The summed E-state index contributed by atoms with van der Waals surface area (Å²) in [6, 6.07) is 0. The van der Waals surface area contributed by atoms with Gasteiger partial charge in [0.2, 0.25) is 0 Å². The normalized spacial score (nSPS) is 12.7. The van der Waals surface area contributed by atoms with E-state index in [1.54, 1.807) is 24.9 Å². The van der Waals surface area contributed by atoms with Crippen molar-refractivity contribution in [3.63, 3.8) is 0 Å². The number of carboxylic acids is 1. The number of carbonyl (C=O) groups is 1. The molecular formula is C8H10ClNO2S2. The van der Waals surface area contributed by atoms with Crippen LogP contribution in [0.5, 0.6) is 0 Å². The first kappa shape index (κ1) is 11.8. The molecule has 0 spiro atoms. The largest absolute Gasteiger partial charge is 0.481 e. The molecule has 78 valence electrons. The van der Waals surface area contributed by atoms with Gasteiger partial charge < -0.3 is 5.11 Å². The second-order valence-corrected chi connectivity index (χ2v) is 5.56. The topological polar surface area (TPSA) is 50.2 Å². The highest BCUT2D eigenvalue weighted by atomic mass is 35.5. The molecule has 1 unspecified atom stereocenters. The Hall–Kier alpha value is -0.260. The number of hydrogen-bond donors (Lipinski definition) is 1. The summed E-state index contributed by atoms with van der Waals surface area (Å²) in [6.07, 6.45) is 1.73. The average Bonchev–Trinajstić information content (AvgIpc) is 2.51. The highest BCUT2D eigenvalue weighted by Crippen LogP contribution is 2.23. The number of thiazole rings is 1. The van der Waals surface area contributed by atoms with Crippen LogP contribution in [0.25, 0.3) is 0 Å². The molecule has 1 aromatic rings. The predicted octanol–water partition coefficient (Wildman–Crippen LogP) is 2.75. The van der Waals surface area contributed by atoms with Gasteiger partial charge in [0.25, 0.3) is 0 Å². The summed E-state index contributed by atoms with van der Waals surface area (Å²) < 4.78 is 0.534. The number of carboxylic acid groups (broad SMARTS) is 1. The molecule has 0 fully saturated rings. The van der Waals surface area contributed by atoms with Crippen molar-refractivity contribution in [1.29, 1.82) is 0 Å². The Morgan fingerprint density at radius 1 is 1.86 bits per heavy atom. The van der Waals surface area contributed by atoms with Gasteiger partial charge in [-0.15, -0.1) is 11.3 Å². The van der Waals surface area contributed by atoms with Crippen LogP contribution < -0.4 is 0 Å². The van der Waals surface area contributed by atoms with Gasteiger partial charge in [-0.2, -0.15) is 11.8 Å². The standard InChI is InChI=1S/C8H10ClNO2S2/c1-5(7(11)12)3-13-4-6-2-10-8(9)14-6/h2,5H,3-4H2,1H3,(H,11,12). The Kier molecular flexibility index (Phi) is 4.71. The van der Waals surface area contributed by atoms with E-state index in [1.165, 1.54) is 11.3 Å². The Morgan fingerprint density at radius 3 is 3.07 bits per heavy atom. The maximum Gasteiger partial charge on any atom is 0.307 e. The Balaban J connectivity index is 2.25. The second kappa shape index (κ2) is 5.58. The zero-order valence-electron chi connectivity index (χ0n) is 7.57. The van der Waals surface area contributed by atoms with Crippen LogP contribution in [-0.4, -0.2) is 21.8 Å². The predicted molar refractivity (Wildman–Crippen MR) is 60.1 cm³/mol. The first-order chi connectivity index (χ1) is 6.59. The third kappa shape index (κ3) is 3.86. The molecule has 0 saturated heterocycles. The first-order valence-corrected chi connectivity index (χ1v) is 6.35. The second-order valence-electron chi connectivity index (χ2n) is 2.83. The van der Waals surface area contributed by atoms with E-state index in [9.17, 15) is 4.79 Å². The van der Waals surface area contributed by atoms with E-state index in [4.69, 9.17) is 16.7 Å². The first-order valence-electron chi connectivity index (χ1n) is 4.00. The number of nitrogens with zero attached hydrogens (tertiary/aromatic N) is 1. The quantitative estimate of drug-likeness (QED) is 0.874. The van der Waals surface area contributed by atoms with Gasteiger partial charge in [-0.25, -0.2) is 4.98 Å². The molecule has 6 heteroatoms. The van der Waals surface area contributed by atoms with Crippen LogP contribution >= 0.6 is 34.7 Å². The van der Waals surface area contributed by atoms with Gasteiger partial charge in [0.15, 0.2) is 4.47 Å². The Morgan fingerprint density at radius 2 is 2.57 bits per heavy atom. The molecule has 0 amide bonds. The van der Waals surface area contributed by atoms with Crippen LogP contribution in [0, 0.1) is 5.92 Å². The van der Waals surface area contributed by atoms with E-state index in [-0.39, 0.29) is 5.92 Å². The van der Waals surface area contributed by atoms with Crippen molar-refractivity contribution in [3.05, 3.63) is 15.5 Å². The zero-order valence-corrected chi connectivity index (χ0v) is 9.95. The van der Waals surface area contributed by atoms with E-state index in [2.05, 4.69) is 4.98 Å². The van der Waals surface area contributed by atoms with Crippen molar-refractivity contribution in [2.24, 2.45) is 5.92 Å². The molecule has 3 nitrogen and oxygen atoms in total. The van der Waals surface area contributed by atoms with Crippen LogP contribution in [0.3, 0.4) is 0 Å². The highest BCUT2D eigenvalue weighted by molar-refractivity contribution is 7.98. The highest BCUT2D eigenvalue weighted by Gasteiger charge is 2.10. The van der Waals surface area contributed by atoms with Crippen LogP contribution in [-0.2, 0) is 10.5 Å². The van der Waals surface area contributed by atoms with Crippen molar-refractivity contribution < 1.29 is 9.90 Å². The van der Waals surface area contributed by atoms with Gasteiger partial charge in [-0.05, 0) is 0 Å². The molecule has 0 aliphatic carbocycles. The molecule has 0 radical (unpaired) electrons. The molecule has 0 bridgehead atoms. The van der Waals surface area contributed by atoms with Crippen LogP contribution in [0.15, 0.2) is 6.20 Å². The van der Waals surface area contributed by atoms with Gasteiger partial charge in [0, 0.05) is 22.6 Å². The van der Waals surface area contributed by atoms with Gasteiger partial charge in [0.1, 0.15) is 0 Å². The van der Waals surface area contributed by atoms with Crippen molar-refractivity contribution >= 4 is 40.7 Å². The lowest BCUT2D eigenvalue weighted by Gasteiger charge is -2.03. The maximum absolute atomic E-state index is 10.5. The Bertz CT molecular complexity index is 316. The van der Waals surface area contributed by atoms with Gasteiger partial charge in [-0.1, -0.05) is 18.5 Å². The van der Waals surface area contributed by atoms with Gasteiger partial charge in [0.05, 0.1) is 5.92 Å². The molecule has 1 aromatic heterocycles. The minimum Gasteiger partial charge on any atom is -0.481 e. The average molecular weight is 252 g/mol. The lowest BCUT2D eigenvalue weighted by atomic mass is 10.2. The third-order valence-electron chi connectivity index (χ3n) is 1.56. The summed E-state index contributed by atoms with van der Waals surface area (Å²) in [6.45, 7) is 1.70. The number of rotatable bonds is 5. The summed E-state index contributed by atoms with van der Waals surface area (Å²) in [5, 5.41) is 8.64. The SMILES string of the molecule is CC(CSCc1cnc(Cl)s1)C(=O)O. The van der Waals surface area contributed by atoms with Crippen molar-refractivity contribution in [2.75, 3.05) is 5.75 Å². The van der Waals surface area contributed by atoms with Crippen molar-refractivity contribution in [3.8, 4) is 0 Å². The number of aliphatic carboxylic acids is 1. The van der Waals surface area contributed by atoms with E-state index < -0.39 is 5.97 Å². The van der Waals surface area contributed by atoms with E-state index >= 15 is 0 Å². The maximum atomic E-state index is 10.5. The van der Waals surface area contributed by atoms with E-state index in [1.807, 2.05) is 0 Å². The van der Waals surface area contributed by atoms with Crippen molar-refractivity contribution in [1.82, 2.24) is 4.98 Å². The fraction of sp³-hybridized carbons (Fsp3) is 0.500. The van der Waals surface area contributed by atoms with Crippen molar-refractivity contribution in [2.45, 2.75) is 12.7 Å². The zero-order chi connectivity index (χ0) is 10.6. The summed E-state index contributed by atoms with van der Waals surface area (Å²) in [7, 11) is 0. The summed E-state index contributed by atoms with van der Waals surface area (Å²) in [5.41, 5.74) is 0. The summed E-state index contributed by atoms with van der Waals surface area (Å²) in [5.74, 6) is 0.343. The summed E-state index contributed by atoms with van der Waals surface area (Å²) in [4.78, 5) is 15.5. The monoisotopic (exact) mass is 251 g/mol. The fourth-order valence-corrected chi connectivity index (χ4v) is 2.91. The molecule has 1 rings (SSSR count). The third-order valence-corrected chi connectivity index (χ3v) is 4.11. The number of aromatic nitrogens is 1. The molecule has 0 saturated carbocycles. The molecule has 1 atom stereocenters.